The Balaban J connectivity index is 2.98. The number of rotatable bonds is 5. The maximum absolute atomic E-state index is 5.66. The van der Waals surface area contributed by atoms with Crippen molar-refractivity contribution in [2.75, 3.05) is 11.9 Å². The highest BCUT2D eigenvalue weighted by molar-refractivity contribution is 7.80. The van der Waals surface area contributed by atoms with Crippen molar-refractivity contribution in [2.45, 2.75) is 32.7 Å². The molecule has 1 rings (SSSR count). The number of aromatic nitrogens is 2. The molecule has 0 aliphatic heterocycles. The van der Waals surface area contributed by atoms with Gasteiger partial charge >= 0.3 is 0 Å². The topological polar surface area (TPSA) is 55.0 Å². The van der Waals surface area contributed by atoms with Crippen molar-refractivity contribution in [1.29, 1.82) is 0 Å². The number of anilines is 1. The molecule has 0 saturated carbocycles. The second kappa shape index (κ2) is 5.75. The van der Waals surface area contributed by atoms with Gasteiger partial charge in [-0.3, -0.25) is 0 Å². The second-order valence-electron chi connectivity index (χ2n) is 3.88. The number of thiocarbonyl (C=S) groups is 1. The Morgan fingerprint density at radius 3 is 2.88 bits per heavy atom. The van der Waals surface area contributed by atoms with Crippen LogP contribution in [-0.2, 0) is 0 Å². The summed E-state index contributed by atoms with van der Waals surface area (Å²) in [7, 11) is 1.99. The van der Waals surface area contributed by atoms with Crippen LogP contribution in [0.3, 0.4) is 0 Å². The third-order valence-electron chi connectivity index (χ3n) is 2.67. The summed E-state index contributed by atoms with van der Waals surface area (Å²) >= 11 is 5.00. The van der Waals surface area contributed by atoms with Crippen molar-refractivity contribution in [2.24, 2.45) is 5.73 Å². The van der Waals surface area contributed by atoms with Crippen molar-refractivity contribution >= 4 is 23.0 Å². The summed E-state index contributed by atoms with van der Waals surface area (Å²) < 4.78 is 0. The summed E-state index contributed by atoms with van der Waals surface area (Å²) in [5.41, 5.74) is 6.45. The van der Waals surface area contributed by atoms with Crippen LogP contribution in [0.25, 0.3) is 0 Å². The minimum absolute atomic E-state index is 0.362. The van der Waals surface area contributed by atoms with E-state index in [1.165, 1.54) is 0 Å². The van der Waals surface area contributed by atoms with Crippen LogP contribution in [-0.4, -0.2) is 28.3 Å². The van der Waals surface area contributed by atoms with Gasteiger partial charge in [-0.25, -0.2) is 0 Å². The van der Waals surface area contributed by atoms with E-state index < -0.39 is 0 Å². The van der Waals surface area contributed by atoms with Gasteiger partial charge in [0, 0.05) is 13.1 Å². The van der Waals surface area contributed by atoms with Crippen molar-refractivity contribution in [1.82, 2.24) is 10.2 Å². The second-order valence-corrected chi connectivity index (χ2v) is 4.32. The quantitative estimate of drug-likeness (QED) is 0.792. The highest BCUT2D eigenvalue weighted by Crippen LogP contribution is 2.18. The van der Waals surface area contributed by atoms with Crippen LogP contribution in [0.15, 0.2) is 12.3 Å². The summed E-state index contributed by atoms with van der Waals surface area (Å²) in [5.74, 6) is 0.760. The largest absolute Gasteiger partial charge is 0.389 e. The van der Waals surface area contributed by atoms with E-state index >= 15 is 0 Å². The van der Waals surface area contributed by atoms with Gasteiger partial charge in [0.15, 0.2) is 5.82 Å². The summed E-state index contributed by atoms with van der Waals surface area (Å²) in [6, 6.07) is 2.20. The van der Waals surface area contributed by atoms with Crippen LogP contribution in [0.5, 0.6) is 0 Å². The van der Waals surface area contributed by atoms with Gasteiger partial charge in [0.05, 0.1) is 11.8 Å². The summed E-state index contributed by atoms with van der Waals surface area (Å²) in [4.78, 5) is 2.44. The van der Waals surface area contributed by atoms with Gasteiger partial charge in [-0.1, -0.05) is 25.6 Å². The van der Waals surface area contributed by atoms with Crippen molar-refractivity contribution in [3.8, 4) is 0 Å². The third kappa shape index (κ3) is 2.88. The molecular formula is C11H18N4S. The third-order valence-corrected chi connectivity index (χ3v) is 2.89. The fraction of sp³-hybridized carbons (Fsp3) is 0.545. The highest BCUT2D eigenvalue weighted by Gasteiger charge is 2.15. The zero-order valence-electron chi connectivity index (χ0n) is 9.97. The predicted octanol–water partition coefficient (Wildman–Crippen LogP) is 1.74. The molecule has 1 heterocycles. The summed E-state index contributed by atoms with van der Waals surface area (Å²) in [6.07, 6.45) is 3.84. The fourth-order valence-electron chi connectivity index (χ4n) is 1.60. The van der Waals surface area contributed by atoms with Crippen molar-refractivity contribution in [3.05, 3.63) is 17.8 Å². The average Bonchev–Trinajstić information content (AvgIpc) is 2.28. The van der Waals surface area contributed by atoms with E-state index in [-0.39, 0.29) is 0 Å². The van der Waals surface area contributed by atoms with Crippen LogP contribution in [0.1, 0.15) is 32.3 Å². The molecule has 0 spiro atoms. The van der Waals surface area contributed by atoms with Gasteiger partial charge in [-0.05, 0) is 19.4 Å². The summed E-state index contributed by atoms with van der Waals surface area (Å²) in [5, 5.41) is 8.00. The standard InChI is InChI=1S/C11H18N4S/c1-4-5-8(2)15(3)11-9(10(12)16)6-7-13-14-11/h6-8H,4-5H2,1-3H3,(H2,12,16). The number of hydrogen-bond acceptors (Lipinski definition) is 4. The molecule has 1 atom stereocenters. The van der Waals surface area contributed by atoms with Crippen LogP contribution >= 0.6 is 12.2 Å². The molecule has 0 fully saturated rings. The van der Waals surface area contributed by atoms with E-state index in [2.05, 4.69) is 28.9 Å². The van der Waals surface area contributed by atoms with E-state index in [1.54, 1.807) is 12.3 Å². The van der Waals surface area contributed by atoms with Gasteiger partial charge in [-0.2, -0.15) is 5.10 Å². The monoisotopic (exact) mass is 238 g/mol. The maximum atomic E-state index is 5.66. The Morgan fingerprint density at radius 1 is 1.62 bits per heavy atom. The molecule has 0 radical (unpaired) electrons. The lowest BCUT2D eigenvalue weighted by Crippen LogP contribution is -2.31. The zero-order valence-corrected chi connectivity index (χ0v) is 10.8. The van der Waals surface area contributed by atoms with E-state index in [1.807, 2.05) is 7.05 Å². The molecule has 1 aromatic rings. The van der Waals surface area contributed by atoms with Crippen LogP contribution in [0.4, 0.5) is 5.82 Å². The van der Waals surface area contributed by atoms with Crippen molar-refractivity contribution < 1.29 is 0 Å². The van der Waals surface area contributed by atoms with Gasteiger partial charge < -0.3 is 10.6 Å². The van der Waals surface area contributed by atoms with Gasteiger partial charge in [0.25, 0.3) is 0 Å². The molecule has 16 heavy (non-hydrogen) atoms. The van der Waals surface area contributed by atoms with E-state index in [0.717, 1.165) is 24.2 Å². The van der Waals surface area contributed by atoms with Crippen molar-refractivity contribution in [3.63, 3.8) is 0 Å². The first kappa shape index (κ1) is 12.8. The molecule has 0 aliphatic rings. The number of nitrogens with two attached hydrogens (primary N) is 1. The lowest BCUT2D eigenvalue weighted by Gasteiger charge is -2.26. The highest BCUT2D eigenvalue weighted by atomic mass is 32.1. The predicted molar refractivity (Wildman–Crippen MR) is 70.7 cm³/mol. The van der Waals surface area contributed by atoms with Gasteiger partial charge in [-0.15, -0.1) is 5.10 Å². The molecule has 0 amide bonds. The fourth-order valence-corrected chi connectivity index (χ4v) is 1.76. The normalized spacial score (nSPS) is 12.2. The molecular weight excluding hydrogens is 220 g/mol. The molecule has 88 valence electrons. The summed E-state index contributed by atoms with van der Waals surface area (Å²) in [6.45, 7) is 4.32. The van der Waals surface area contributed by atoms with E-state index in [0.29, 0.717) is 11.0 Å². The van der Waals surface area contributed by atoms with E-state index in [9.17, 15) is 0 Å². The van der Waals surface area contributed by atoms with Gasteiger partial charge in [0.1, 0.15) is 4.99 Å². The number of hydrogen-bond donors (Lipinski definition) is 1. The van der Waals surface area contributed by atoms with Crippen LogP contribution in [0.2, 0.25) is 0 Å². The molecule has 5 heteroatoms. The lowest BCUT2D eigenvalue weighted by atomic mass is 10.1. The molecule has 0 saturated heterocycles. The maximum Gasteiger partial charge on any atom is 0.161 e. The Labute approximate surface area is 102 Å². The first-order chi connectivity index (χ1) is 7.57. The molecule has 0 aromatic carbocycles. The molecule has 2 N–H and O–H groups in total. The lowest BCUT2D eigenvalue weighted by molar-refractivity contribution is 0.608. The Bertz CT molecular complexity index is 367. The van der Waals surface area contributed by atoms with E-state index in [4.69, 9.17) is 18.0 Å². The molecule has 0 bridgehead atoms. The Morgan fingerprint density at radius 2 is 2.31 bits per heavy atom. The Kier molecular flexibility index (Phi) is 4.61. The first-order valence-electron chi connectivity index (χ1n) is 5.42. The molecule has 4 nitrogen and oxygen atoms in total. The molecule has 0 aliphatic carbocycles. The SMILES string of the molecule is CCCC(C)N(C)c1nnccc1C(N)=S. The zero-order chi connectivity index (χ0) is 12.1. The van der Waals surface area contributed by atoms with Gasteiger partial charge in [0.2, 0.25) is 0 Å². The molecule has 1 aromatic heterocycles. The first-order valence-corrected chi connectivity index (χ1v) is 5.83. The Hall–Kier alpha value is -1.23. The minimum Gasteiger partial charge on any atom is -0.389 e. The molecule has 1 unspecified atom stereocenters. The van der Waals surface area contributed by atoms with Crippen LogP contribution < -0.4 is 10.6 Å². The minimum atomic E-state index is 0.362. The average molecular weight is 238 g/mol. The smallest absolute Gasteiger partial charge is 0.161 e. The van der Waals surface area contributed by atoms with Crippen LogP contribution in [0, 0.1) is 0 Å². The number of nitrogens with zero attached hydrogens (tertiary/aromatic N) is 3.